The predicted molar refractivity (Wildman–Crippen MR) is 107 cm³/mol. The minimum Gasteiger partial charge on any atom is -0.298 e. The van der Waals surface area contributed by atoms with E-state index in [2.05, 4.69) is 29.2 Å². The summed E-state index contributed by atoms with van der Waals surface area (Å²) < 4.78 is 14.6. The zero-order chi connectivity index (χ0) is 19.6. The number of halogens is 2. The molecule has 1 amide bonds. The molecule has 8 heteroatoms. The molecular weight excluding hydrogens is 387 g/mol. The summed E-state index contributed by atoms with van der Waals surface area (Å²) in [5.41, 5.74) is 2.38. The lowest BCUT2D eigenvalue weighted by molar-refractivity contribution is 0.102. The number of hydrogen-bond acceptors (Lipinski definition) is 4. The van der Waals surface area contributed by atoms with Crippen LogP contribution in [0.15, 0.2) is 24.3 Å². The number of benzene rings is 1. The quantitative estimate of drug-likeness (QED) is 0.612. The van der Waals surface area contributed by atoms with Gasteiger partial charge in [0.1, 0.15) is 16.5 Å². The van der Waals surface area contributed by atoms with Gasteiger partial charge in [0, 0.05) is 4.88 Å². The first-order chi connectivity index (χ1) is 12.9. The van der Waals surface area contributed by atoms with Crippen LogP contribution in [0.25, 0.3) is 5.69 Å². The van der Waals surface area contributed by atoms with Gasteiger partial charge in [0.25, 0.3) is 5.91 Å². The van der Waals surface area contributed by atoms with Gasteiger partial charge in [-0.1, -0.05) is 31.9 Å². The van der Waals surface area contributed by atoms with Crippen LogP contribution in [0.4, 0.5) is 9.52 Å². The third kappa shape index (κ3) is 4.04. The van der Waals surface area contributed by atoms with E-state index in [9.17, 15) is 9.18 Å². The Morgan fingerprint density at radius 1 is 1.30 bits per heavy atom. The molecule has 0 aliphatic rings. The molecule has 0 aliphatic heterocycles. The Hall–Kier alpha value is -2.25. The normalized spacial score (nSPS) is 11.0. The Bertz CT molecular complexity index is 965. The van der Waals surface area contributed by atoms with E-state index in [0.717, 1.165) is 25.0 Å². The lowest BCUT2D eigenvalue weighted by atomic mass is 10.2. The highest BCUT2D eigenvalue weighted by atomic mass is 35.5. The molecule has 1 aromatic carbocycles. The van der Waals surface area contributed by atoms with Crippen LogP contribution in [0.3, 0.4) is 0 Å². The van der Waals surface area contributed by atoms with Gasteiger partial charge in [-0.05, 0) is 44.0 Å². The number of aromatic nitrogens is 3. The minimum atomic E-state index is -0.356. The number of thiazole rings is 1. The van der Waals surface area contributed by atoms with Gasteiger partial charge in [0.2, 0.25) is 0 Å². The Labute approximate surface area is 166 Å². The average molecular weight is 407 g/mol. The third-order valence-corrected chi connectivity index (χ3v) is 5.62. The van der Waals surface area contributed by atoms with Crippen LogP contribution in [-0.2, 0) is 12.8 Å². The summed E-state index contributed by atoms with van der Waals surface area (Å²) in [4.78, 5) is 18.5. The summed E-state index contributed by atoms with van der Waals surface area (Å²) in [7, 11) is 0. The second kappa shape index (κ2) is 8.19. The Morgan fingerprint density at radius 3 is 2.63 bits per heavy atom. The van der Waals surface area contributed by atoms with Crippen molar-refractivity contribution in [3.8, 4) is 5.69 Å². The van der Waals surface area contributed by atoms with E-state index in [1.165, 1.54) is 33.0 Å². The monoisotopic (exact) mass is 406 g/mol. The number of aryl methyl sites for hydroxylation is 3. The number of anilines is 1. The first-order valence-electron chi connectivity index (χ1n) is 8.75. The number of hydrogen-bond donors (Lipinski definition) is 1. The molecule has 0 aliphatic carbocycles. The minimum absolute atomic E-state index is 0.178. The number of nitrogens with one attached hydrogen (secondary N) is 1. The number of nitrogens with zero attached hydrogens (tertiary/aromatic N) is 3. The molecule has 27 heavy (non-hydrogen) atoms. The fraction of sp³-hybridized carbons (Fsp3) is 0.316. The van der Waals surface area contributed by atoms with Gasteiger partial charge in [-0.2, -0.15) is 5.10 Å². The molecular formula is C19H20ClFN4OS. The number of carbonyl (C=O) groups excluding carboxylic acids is 1. The standard InChI is InChI=1S/C19H20ClFN4OS/c1-4-6-14-15(5-2)27-19(22-14)23-18(26)16-11(3)24-25(17(16)20)13-9-7-12(21)8-10-13/h7-10H,4-6H2,1-3H3,(H,22,23,26). The molecule has 0 saturated carbocycles. The van der Waals surface area contributed by atoms with Crippen LogP contribution in [0, 0.1) is 12.7 Å². The van der Waals surface area contributed by atoms with Crippen LogP contribution >= 0.6 is 22.9 Å². The van der Waals surface area contributed by atoms with Gasteiger partial charge in [0.05, 0.1) is 17.1 Å². The van der Waals surface area contributed by atoms with Gasteiger partial charge >= 0.3 is 0 Å². The molecule has 0 fully saturated rings. The molecule has 5 nitrogen and oxygen atoms in total. The fourth-order valence-electron chi connectivity index (χ4n) is 2.82. The van der Waals surface area contributed by atoms with Crippen molar-refractivity contribution in [2.24, 2.45) is 0 Å². The fourth-order valence-corrected chi connectivity index (χ4v) is 4.12. The maximum atomic E-state index is 13.1. The van der Waals surface area contributed by atoms with E-state index in [1.807, 2.05) is 0 Å². The molecule has 142 valence electrons. The predicted octanol–water partition coefficient (Wildman–Crippen LogP) is 5.20. The van der Waals surface area contributed by atoms with Crippen LogP contribution in [0.1, 0.15) is 46.9 Å². The van der Waals surface area contributed by atoms with Crippen molar-refractivity contribution < 1.29 is 9.18 Å². The van der Waals surface area contributed by atoms with E-state index in [-0.39, 0.29) is 22.4 Å². The van der Waals surface area contributed by atoms with Crippen molar-refractivity contribution in [3.05, 3.63) is 57.1 Å². The molecule has 0 bridgehead atoms. The van der Waals surface area contributed by atoms with Crippen molar-refractivity contribution in [2.45, 2.75) is 40.0 Å². The summed E-state index contributed by atoms with van der Waals surface area (Å²) in [5, 5.41) is 7.90. The second-order valence-electron chi connectivity index (χ2n) is 6.09. The zero-order valence-corrected chi connectivity index (χ0v) is 16.9. The van der Waals surface area contributed by atoms with Crippen LogP contribution < -0.4 is 5.32 Å². The third-order valence-electron chi connectivity index (χ3n) is 4.11. The van der Waals surface area contributed by atoms with Crippen molar-refractivity contribution in [1.29, 1.82) is 0 Å². The topological polar surface area (TPSA) is 59.8 Å². The van der Waals surface area contributed by atoms with Crippen LogP contribution in [0.5, 0.6) is 0 Å². The van der Waals surface area contributed by atoms with Gasteiger partial charge < -0.3 is 0 Å². The molecule has 0 spiro atoms. The molecule has 2 heterocycles. The molecule has 1 N–H and O–H groups in total. The molecule has 0 unspecified atom stereocenters. The van der Waals surface area contributed by atoms with Gasteiger partial charge in [-0.25, -0.2) is 14.1 Å². The van der Waals surface area contributed by atoms with Gasteiger partial charge in [-0.3, -0.25) is 10.1 Å². The Kier molecular flexibility index (Phi) is 5.92. The van der Waals surface area contributed by atoms with Crippen molar-refractivity contribution >= 4 is 34.0 Å². The lowest BCUT2D eigenvalue weighted by Gasteiger charge is -2.04. The lowest BCUT2D eigenvalue weighted by Crippen LogP contribution is -2.13. The zero-order valence-electron chi connectivity index (χ0n) is 15.3. The number of carbonyl (C=O) groups is 1. The van der Waals surface area contributed by atoms with Crippen molar-refractivity contribution in [3.63, 3.8) is 0 Å². The highest BCUT2D eigenvalue weighted by Gasteiger charge is 2.22. The van der Waals surface area contributed by atoms with Gasteiger partial charge in [0.15, 0.2) is 5.13 Å². The molecule has 3 aromatic rings. The average Bonchev–Trinajstić information content (AvgIpc) is 3.15. The van der Waals surface area contributed by atoms with E-state index >= 15 is 0 Å². The van der Waals surface area contributed by atoms with Gasteiger partial charge in [-0.15, -0.1) is 11.3 Å². The number of amides is 1. The van der Waals surface area contributed by atoms with E-state index < -0.39 is 0 Å². The highest BCUT2D eigenvalue weighted by molar-refractivity contribution is 7.15. The Balaban J connectivity index is 1.88. The summed E-state index contributed by atoms with van der Waals surface area (Å²) in [6, 6.07) is 5.75. The molecule has 2 aromatic heterocycles. The summed E-state index contributed by atoms with van der Waals surface area (Å²) in [6.07, 6.45) is 2.77. The molecule has 0 saturated heterocycles. The largest absolute Gasteiger partial charge is 0.298 e. The van der Waals surface area contributed by atoms with E-state index in [1.54, 1.807) is 19.1 Å². The highest BCUT2D eigenvalue weighted by Crippen LogP contribution is 2.28. The SMILES string of the molecule is CCCc1nc(NC(=O)c2c(C)nn(-c3ccc(F)cc3)c2Cl)sc1CC. The second-order valence-corrected chi connectivity index (χ2v) is 7.53. The summed E-state index contributed by atoms with van der Waals surface area (Å²) in [5.74, 6) is -0.708. The van der Waals surface area contributed by atoms with Crippen molar-refractivity contribution in [2.75, 3.05) is 5.32 Å². The first kappa shape index (κ1) is 19.5. The number of rotatable bonds is 6. The van der Waals surface area contributed by atoms with Crippen molar-refractivity contribution in [1.82, 2.24) is 14.8 Å². The first-order valence-corrected chi connectivity index (χ1v) is 9.95. The van der Waals surface area contributed by atoms with Crippen LogP contribution in [-0.4, -0.2) is 20.7 Å². The smallest absolute Gasteiger partial charge is 0.262 e. The maximum Gasteiger partial charge on any atom is 0.262 e. The van der Waals surface area contributed by atoms with Crippen LogP contribution in [0.2, 0.25) is 5.15 Å². The molecule has 3 rings (SSSR count). The maximum absolute atomic E-state index is 13.1. The molecule has 0 atom stereocenters. The van der Waals surface area contributed by atoms with E-state index in [0.29, 0.717) is 16.5 Å². The van der Waals surface area contributed by atoms with E-state index in [4.69, 9.17) is 11.6 Å². The summed E-state index contributed by atoms with van der Waals surface area (Å²) in [6.45, 7) is 5.89. The summed E-state index contributed by atoms with van der Waals surface area (Å²) >= 11 is 7.89. The molecule has 0 radical (unpaired) electrons. The Morgan fingerprint density at radius 2 is 2.00 bits per heavy atom.